The largest absolute Gasteiger partial charge is 0.459 e. The van der Waals surface area contributed by atoms with Gasteiger partial charge in [-0.1, -0.05) is 11.2 Å². The number of nitrogens with two attached hydrogens (primary N) is 1. The molecule has 3 heterocycles. The van der Waals surface area contributed by atoms with Crippen molar-refractivity contribution in [3.63, 3.8) is 0 Å². The standard InChI is InChI=1S/C16H12FN7O2/c17-9-3-1-4-10(7-9)19-16-22-12(21-15(18)23-16)8-13-20-14(26-24-13)11-5-2-6-25-11/h1-7H,8H2,(H3,18,19,21,22,23). The van der Waals surface area contributed by atoms with E-state index in [0.717, 1.165) is 0 Å². The minimum absolute atomic E-state index is 0.0173. The van der Waals surface area contributed by atoms with Crippen molar-refractivity contribution in [3.05, 3.63) is 60.1 Å². The maximum Gasteiger partial charge on any atom is 0.293 e. The molecule has 0 atom stereocenters. The third-order valence-corrected chi connectivity index (χ3v) is 3.30. The molecule has 26 heavy (non-hydrogen) atoms. The quantitative estimate of drug-likeness (QED) is 0.556. The van der Waals surface area contributed by atoms with E-state index in [9.17, 15) is 4.39 Å². The highest BCUT2D eigenvalue weighted by Gasteiger charge is 2.14. The highest BCUT2D eigenvalue weighted by Crippen LogP contribution is 2.19. The van der Waals surface area contributed by atoms with Gasteiger partial charge >= 0.3 is 0 Å². The molecule has 0 saturated carbocycles. The Balaban J connectivity index is 1.54. The van der Waals surface area contributed by atoms with E-state index in [1.807, 2.05) is 0 Å². The van der Waals surface area contributed by atoms with Gasteiger partial charge in [-0.15, -0.1) is 0 Å². The van der Waals surface area contributed by atoms with Crippen molar-refractivity contribution in [3.8, 4) is 11.7 Å². The van der Waals surface area contributed by atoms with Crippen LogP contribution in [0.5, 0.6) is 0 Å². The first-order chi connectivity index (χ1) is 12.7. The zero-order valence-electron chi connectivity index (χ0n) is 13.3. The van der Waals surface area contributed by atoms with Gasteiger partial charge in [0.2, 0.25) is 11.9 Å². The molecule has 0 radical (unpaired) electrons. The zero-order chi connectivity index (χ0) is 17.9. The molecular formula is C16H12FN7O2. The number of nitrogens with one attached hydrogen (secondary N) is 1. The lowest BCUT2D eigenvalue weighted by molar-refractivity contribution is 0.410. The summed E-state index contributed by atoms with van der Waals surface area (Å²) in [7, 11) is 0. The van der Waals surface area contributed by atoms with E-state index in [4.69, 9.17) is 14.7 Å². The highest BCUT2D eigenvalue weighted by atomic mass is 19.1. The molecule has 0 fully saturated rings. The molecule has 0 unspecified atom stereocenters. The number of hydrogen-bond donors (Lipinski definition) is 2. The topological polar surface area (TPSA) is 129 Å². The normalized spacial score (nSPS) is 10.8. The van der Waals surface area contributed by atoms with Crippen LogP contribution in [-0.4, -0.2) is 25.1 Å². The van der Waals surface area contributed by atoms with E-state index in [1.165, 1.54) is 18.4 Å². The van der Waals surface area contributed by atoms with E-state index in [1.54, 1.807) is 24.3 Å². The van der Waals surface area contributed by atoms with Gasteiger partial charge in [0.25, 0.3) is 5.89 Å². The van der Waals surface area contributed by atoms with Crippen LogP contribution in [0.1, 0.15) is 11.6 Å². The van der Waals surface area contributed by atoms with Gasteiger partial charge in [0, 0.05) is 5.69 Å². The third-order valence-electron chi connectivity index (χ3n) is 3.30. The Bertz CT molecular complexity index is 1030. The Hall–Kier alpha value is -3.82. The first-order valence-corrected chi connectivity index (χ1v) is 7.55. The van der Waals surface area contributed by atoms with Gasteiger partial charge in [0.05, 0.1) is 12.7 Å². The molecule has 4 rings (SSSR count). The smallest absolute Gasteiger partial charge is 0.293 e. The van der Waals surface area contributed by atoms with E-state index >= 15 is 0 Å². The zero-order valence-corrected chi connectivity index (χ0v) is 13.3. The average molecular weight is 353 g/mol. The van der Waals surface area contributed by atoms with Crippen LogP contribution in [0.25, 0.3) is 11.7 Å². The molecule has 1 aromatic carbocycles. The Kier molecular flexibility index (Phi) is 3.98. The number of anilines is 3. The average Bonchev–Trinajstić information content (AvgIpc) is 3.25. The number of nitrogen functional groups attached to an aromatic ring is 1. The molecule has 0 spiro atoms. The maximum atomic E-state index is 13.3. The molecule has 0 aliphatic heterocycles. The van der Waals surface area contributed by atoms with Crippen molar-refractivity contribution in [2.45, 2.75) is 6.42 Å². The Labute approximate surface area is 146 Å². The van der Waals surface area contributed by atoms with Crippen molar-refractivity contribution in [2.75, 3.05) is 11.1 Å². The summed E-state index contributed by atoms with van der Waals surface area (Å²) >= 11 is 0. The van der Waals surface area contributed by atoms with Gasteiger partial charge in [-0.2, -0.15) is 19.9 Å². The van der Waals surface area contributed by atoms with Gasteiger partial charge < -0.3 is 20.0 Å². The minimum atomic E-state index is -0.380. The van der Waals surface area contributed by atoms with Crippen LogP contribution in [-0.2, 0) is 6.42 Å². The Morgan fingerprint density at radius 1 is 1.04 bits per heavy atom. The molecule has 0 aliphatic carbocycles. The number of benzene rings is 1. The summed E-state index contributed by atoms with van der Waals surface area (Å²) in [6.45, 7) is 0. The number of aromatic nitrogens is 5. The summed E-state index contributed by atoms with van der Waals surface area (Å²) in [5, 5.41) is 6.74. The predicted octanol–water partition coefficient (Wildman–Crippen LogP) is 2.57. The molecule has 0 amide bonds. The fourth-order valence-electron chi connectivity index (χ4n) is 2.24. The van der Waals surface area contributed by atoms with Crippen LogP contribution < -0.4 is 11.1 Å². The van der Waals surface area contributed by atoms with Crippen molar-refractivity contribution in [2.24, 2.45) is 0 Å². The molecule has 3 N–H and O–H groups in total. The van der Waals surface area contributed by atoms with Crippen molar-refractivity contribution >= 4 is 17.6 Å². The number of furan rings is 1. The van der Waals surface area contributed by atoms with Crippen LogP contribution >= 0.6 is 0 Å². The second kappa shape index (κ2) is 6.59. The SMILES string of the molecule is Nc1nc(Cc2noc(-c3ccco3)n2)nc(Nc2cccc(F)c2)n1. The van der Waals surface area contributed by atoms with E-state index in [2.05, 4.69) is 30.4 Å². The third kappa shape index (κ3) is 3.48. The Morgan fingerprint density at radius 2 is 1.96 bits per heavy atom. The molecule has 0 bridgehead atoms. The summed E-state index contributed by atoms with van der Waals surface area (Å²) < 4.78 is 23.6. The van der Waals surface area contributed by atoms with Crippen molar-refractivity contribution < 1.29 is 13.3 Å². The monoisotopic (exact) mass is 353 g/mol. The highest BCUT2D eigenvalue weighted by molar-refractivity contribution is 5.53. The summed E-state index contributed by atoms with van der Waals surface area (Å²) in [6, 6.07) is 9.32. The lowest BCUT2D eigenvalue weighted by Crippen LogP contribution is -2.08. The summed E-state index contributed by atoms with van der Waals surface area (Å²) in [6.07, 6.45) is 1.69. The van der Waals surface area contributed by atoms with Gasteiger partial charge in [-0.3, -0.25) is 0 Å². The van der Waals surface area contributed by atoms with Crippen LogP contribution in [0.2, 0.25) is 0 Å². The van der Waals surface area contributed by atoms with E-state index in [-0.39, 0.29) is 30.0 Å². The molecule has 3 aromatic heterocycles. The van der Waals surface area contributed by atoms with E-state index in [0.29, 0.717) is 23.1 Å². The number of nitrogens with zero attached hydrogens (tertiary/aromatic N) is 5. The van der Waals surface area contributed by atoms with Crippen LogP contribution in [0.3, 0.4) is 0 Å². The van der Waals surface area contributed by atoms with Crippen LogP contribution in [0.4, 0.5) is 22.0 Å². The second-order valence-corrected chi connectivity index (χ2v) is 5.24. The maximum absolute atomic E-state index is 13.3. The predicted molar refractivity (Wildman–Crippen MR) is 88.7 cm³/mol. The second-order valence-electron chi connectivity index (χ2n) is 5.24. The summed E-state index contributed by atoms with van der Waals surface area (Å²) in [5.41, 5.74) is 6.21. The molecule has 130 valence electrons. The lowest BCUT2D eigenvalue weighted by atomic mass is 10.3. The van der Waals surface area contributed by atoms with E-state index < -0.39 is 0 Å². The fourth-order valence-corrected chi connectivity index (χ4v) is 2.24. The van der Waals surface area contributed by atoms with Gasteiger partial charge in [0.1, 0.15) is 11.6 Å². The van der Waals surface area contributed by atoms with Gasteiger partial charge in [-0.25, -0.2) is 4.39 Å². The van der Waals surface area contributed by atoms with Crippen molar-refractivity contribution in [1.29, 1.82) is 0 Å². The summed E-state index contributed by atoms with van der Waals surface area (Å²) in [4.78, 5) is 16.5. The number of rotatable bonds is 5. The number of hydrogen-bond acceptors (Lipinski definition) is 9. The summed E-state index contributed by atoms with van der Waals surface area (Å²) in [5.74, 6) is 1.24. The molecular weight excluding hydrogens is 341 g/mol. The van der Waals surface area contributed by atoms with Crippen molar-refractivity contribution in [1.82, 2.24) is 25.1 Å². The van der Waals surface area contributed by atoms with Crippen LogP contribution in [0, 0.1) is 5.82 Å². The first-order valence-electron chi connectivity index (χ1n) is 7.55. The minimum Gasteiger partial charge on any atom is -0.459 e. The molecule has 0 saturated heterocycles. The molecule has 10 heteroatoms. The molecule has 4 aromatic rings. The number of halogens is 1. The van der Waals surface area contributed by atoms with Crippen LogP contribution in [0.15, 0.2) is 51.6 Å². The molecule has 9 nitrogen and oxygen atoms in total. The molecule has 0 aliphatic rings. The Morgan fingerprint density at radius 3 is 2.77 bits per heavy atom. The lowest BCUT2D eigenvalue weighted by Gasteiger charge is -2.06. The fraction of sp³-hybridized carbons (Fsp3) is 0.0625. The van der Waals surface area contributed by atoms with Gasteiger partial charge in [0.15, 0.2) is 11.6 Å². The van der Waals surface area contributed by atoms with Gasteiger partial charge in [-0.05, 0) is 30.3 Å². The first kappa shape index (κ1) is 15.7.